The van der Waals surface area contributed by atoms with Gasteiger partial charge in [0.15, 0.2) is 0 Å². The van der Waals surface area contributed by atoms with Gasteiger partial charge in [0.1, 0.15) is 0 Å². The quantitative estimate of drug-likeness (QED) is 0.469. The van der Waals surface area contributed by atoms with E-state index in [1.807, 2.05) is 0 Å². The lowest BCUT2D eigenvalue weighted by atomic mass is 10.2. The first kappa shape index (κ1) is 8.05. The standard InChI is InChI=1S/C9H13NO/c1-3-9(11)10-8-5-4-7(2)6-8/h3-4,8H,1,5-6H2,2H3,(H,10,11). The molecule has 60 valence electrons. The minimum Gasteiger partial charge on any atom is -0.349 e. The first-order chi connectivity index (χ1) is 5.22. The number of nitrogens with one attached hydrogen (secondary N) is 1. The lowest BCUT2D eigenvalue weighted by Crippen LogP contribution is -2.31. The van der Waals surface area contributed by atoms with Gasteiger partial charge in [0.05, 0.1) is 0 Å². The van der Waals surface area contributed by atoms with Gasteiger partial charge in [0.25, 0.3) is 0 Å². The summed E-state index contributed by atoms with van der Waals surface area (Å²) in [6, 6.07) is 0.306. The molecule has 0 saturated carbocycles. The lowest BCUT2D eigenvalue weighted by molar-refractivity contribution is -0.117. The van der Waals surface area contributed by atoms with E-state index in [4.69, 9.17) is 0 Å². The van der Waals surface area contributed by atoms with Crippen LogP contribution in [0.5, 0.6) is 0 Å². The summed E-state index contributed by atoms with van der Waals surface area (Å²) in [5.74, 6) is -0.0712. The van der Waals surface area contributed by atoms with Gasteiger partial charge in [-0.2, -0.15) is 0 Å². The molecule has 0 bridgehead atoms. The average molecular weight is 151 g/mol. The maximum absolute atomic E-state index is 10.8. The van der Waals surface area contributed by atoms with E-state index in [1.165, 1.54) is 11.6 Å². The molecule has 0 aliphatic heterocycles. The van der Waals surface area contributed by atoms with Crippen LogP contribution in [0.2, 0.25) is 0 Å². The Bertz CT molecular complexity index is 206. The highest BCUT2D eigenvalue weighted by molar-refractivity contribution is 5.87. The Hall–Kier alpha value is -1.05. The summed E-state index contributed by atoms with van der Waals surface area (Å²) < 4.78 is 0. The van der Waals surface area contributed by atoms with Crippen molar-refractivity contribution in [3.63, 3.8) is 0 Å². The molecule has 11 heavy (non-hydrogen) atoms. The molecule has 0 fully saturated rings. The van der Waals surface area contributed by atoms with Crippen molar-refractivity contribution in [2.75, 3.05) is 0 Å². The molecular weight excluding hydrogens is 138 g/mol. The van der Waals surface area contributed by atoms with Gasteiger partial charge in [-0.05, 0) is 25.8 Å². The Labute approximate surface area is 67.0 Å². The van der Waals surface area contributed by atoms with Crippen molar-refractivity contribution in [2.24, 2.45) is 0 Å². The summed E-state index contributed by atoms with van der Waals surface area (Å²) in [6.45, 7) is 5.48. The van der Waals surface area contributed by atoms with Crippen LogP contribution in [0.1, 0.15) is 19.8 Å². The molecule has 1 amide bonds. The normalized spacial score (nSPS) is 22.6. The molecular formula is C9H13NO. The van der Waals surface area contributed by atoms with Crippen LogP contribution in [-0.4, -0.2) is 11.9 Å². The maximum Gasteiger partial charge on any atom is 0.243 e. The third-order valence-electron chi connectivity index (χ3n) is 1.85. The average Bonchev–Trinajstić information content (AvgIpc) is 2.35. The fraction of sp³-hybridized carbons (Fsp3) is 0.444. The molecule has 0 aromatic carbocycles. The Morgan fingerprint density at radius 3 is 3.09 bits per heavy atom. The van der Waals surface area contributed by atoms with E-state index in [-0.39, 0.29) is 5.91 Å². The van der Waals surface area contributed by atoms with Crippen molar-refractivity contribution < 1.29 is 4.79 Å². The molecule has 0 aromatic heterocycles. The Morgan fingerprint density at radius 2 is 2.64 bits per heavy atom. The van der Waals surface area contributed by atoms with Gasteiger partial charge >= 0.3 is 0 Å². The van der Waals surface area contributed by atoms with Gasteiger partial charge in [0.2, 0.25) is 5.91 Å². The summed E-state index contributed by atoms with van der Waals surface area (Å²) in [5.41, 5.74) is 1.36. The number of carbonyl (C=O) groups excluding carboxylic acids is 1. The number of carbonyl (C=O) groups is 1. The summed E-state index contributed by atoms with van der Waals surface area (Å²) in [7, 11) is 0. The lowest BCUT2D eigenvalue weighted by Gasteiger charge is -2.09. The zero-order valence-corrected chi connectivity index (χ0v) is 6.76. The monoisotopic (exact) mass is 151 g/mol. The van der Waals surface area contributed by atoms with E-state index >= 15 is 0 Å². The second-order valence-electron chi connectivity index (χ2n) is 2.90. The van der Waals surface area contributed by atoms with Crippen LogP contribution >= 0.6 is 0 Å². The van der Waals surface area contributed by atoms with Crippen molar-refractivity contribution in [3.8, 4) is 0 Å². The van der Waals surface area contributed by atoms with Crippen LogP contribution in [0.4, 0.5) is 0 Å². The van der Waals surface area contributed by atoms with Crippen LogP contribution in [0, 0.1) is 0 Å². The first-order valence-electron chi connectivity index (χ1n) is 3.81. The molecule has 2 heteroatoms. The smallest absolute Gasteiger partial charge is 0.243 e. The number of hydrogen-bond donors (Lipinski definition) is 1. The Morgan fingerprint density at radius 1 is 1.91 bits per heavy atom. The van der Waals surface area contributed by atoms with Crippen molar-refractivity contribution >= 4 is 5.91 Å². The Balaban J connectivity index is 2.31. The number of hydrogen-bond acceptors (Lipinski definition) is 1. The second-order valence-corrected chi connectivity index (χ2v) is 2.90. The molecule has 1 atom stereocenters. The highest BCUT2D eigenvalue weighted by Crippen LogP contribution is 2.17. The van der Waals surface area contributed by atoms with E-state index in [0.29, 0.717) is 6.04 Å². The second kappa shape index (κ2) is 3.37. The van der Waals surface area contributed by atoms with Crippen molar-refractivity contribution in [1.29, 1.82) is 0 Å². The molecule has 0 radical (unpaired) electrons. The van der Waals surface area contributed by atoms with Crippen molar-refractivity contribution in [3.05, 3.63) is 24.3 Å². The first-order valence-corrected chi connectivity index (χ1v) is 3.81. The molecule has 0 aromatic rings. The highest BCUT2D eigenvalue weighted by atomic mass is 16.1. The zero-order valence-electron chi connectivity index (χ0n) is 6.76. The molecule has 1 aliphatic carbocycles. The number of rotatable bonds is 2. The van der Waals surface area contributed by atoms with Gasteiger partial charge in [-0.25, -0.2) is 0 Å². The van der Waals surface area contributed by atoms with Gasteiger partial charge in [0, 0.05) is 6.04 Å². The van der Waals surface area contributed by atoms with E-state index < -0.39 is 0 Å². The molecule has 0 saturated heterocycles. The van der Waals surface area contributed by atoms with Gasteiger partial charge in [-0.1, -0.05) is 18.2 Å². The van der Waals surface area contributed by atoms with E-state index in [9.17, 15) is 4.79 Å². The van der Waals surface area contributed by atoms with Crippen molar-refractivity contribution in [1.82, 2.24) is 5.32 Å². The van der Waals surface area contributed by atoms with E-state index in [1.54, 1.807) is 0 Å². The summed E-state index contributed by atoms with van der Waals surface area (Å²) in [6.07, 6.45) is 5.42. The molecule has 1 aliphatic rings. The van der Waals surface area contributed by atoms with Crippen molar-refractivity contribution in [2.45, 2.75) is 25.8 Å². The number of amides is 1. The largest absolute Gasteiger partial charge is 0.349 e. The molecule has 1 rings (SSSR count). The molecule has 0 heterocycles. The third-order valence-corrected chi connectivity index (χ3v) is 1.85. The predicted octanol–water partition coefficient (Wildman–Crippen LogP) is 1.40. The molecule has 0 spiro atoms. The summed E-state index contributed by atoms with van der Waals surface area (Å²) >= 11 is 0. The fourth-order valence-electron chi connectivity index (χ4n) is 1.27. The highest BCUT2D eigenvalue weighted by Gasteiger charge is 2.14. The summed E-state index contributed by atoms with van der Waals surface area (Å²) in [5, 5.41) is 2.85. The minimum atomic E-state index is -0.0712. The van der Waals surface area contributed by atoms with E-state index in [0.717, 1.165) is 12.8 Å². The van der Waals surface area contributed by atoms with Crippen LogP contribution in [0.25, 0.3) is 0 Å². The summed E-state index contributed by atoms with van der Waals surface area (Å²) in [4.78, 5) is 10.8. The van der Waals surface area contributed by atoms with Crippen LogP contribution in [0.3, 0.4) is 0 Å². The van der Waals surface area contributed by atoms with Crippen LogP contribution < -0.4 is 5.32 Å². The Kier molecular flexibility index (Phi) is 2.47. The SMILES string of the molecule is C=CC(=O)NC1CC=C(C)C1. The topological polar surface area (TPSA) is 29.1 Å². The molecule has 2 nitrogen and oxygen atoms in total. The van der Waals surface area contributed by atoms with Crippen LogP contribution in [-0.2, 0) is 4.79 Å². The molecule has 1 N–H and O–H groups in total. The van der Waals surface area contributed by atoms with Gasteiger partial charge in [-0.3, -0.25) is 4.79 Å². The molecule has 1 unspecified atom stereocenters. The third kappa shape index (κ3) is 2.22. The zero-order chi connectivity index (χ0) is 8.27. The van der Waals surface area contributed by atoms with E-state index in [2.05, 4.69) is 24.9 Å². The van der Waals surface area contributed by atoms with Crippen LogP contribution in [0.15, 0.2) is 24.3 Å². The fourth-order valence-corrected chi connectivity index (χ4v) is 1.27. The van der Waals surface area contributed by atoms with Gasteiger partial charge < -0.3 is 5.32 Å². The van der Waals surface area contributed by atoms with Gasteiger partial charge in [-0.15, -0.1) is 0 Å². The predicted molar refractivity (Wildman–Crippen MR) is 45.1 cm³/mol. The maximum atomic E-state index is 10.8. The minimum absolute atomic E-state index is 0.0712.